The van der Waals surface area contributed by atoms with Crippen molar-refractivity contribution in [2.75, 3.05) is 5.75 Å². The van der Waals surface area contributed by atoms with Crippen molar-refractivity contribution in [3.63, 3.8) is 0 Å². The zero-order valence-corrected chi connectivity index (χ0v) is 12.5. The molecule has 1 heterocycles. The number of phenolic OH excluding ortho intramolecular Hbond substituents is 1. The number of halogens is 1. The third-order valence-electron chi connectivity index (χ3n) is 3.40. The number of carbonyl (C=O) groups is 1. The highest BCUT2D eigenvalue weighted by Crippen LogP contribution is 2.34. The molecule has 0 fully saturated rings. The van der Waals surface area contributed by atoms with Crippen LogP contribution < -0.4 is 0 Å². The lowest BCUT2D eigenvalue weighted by atomic mass is 10.0. The fourth-order valence-electron chi connectivity index (χ4n) is 2.28. The smallest absolute Gasteiger partial charge is 0.311 e. The number of nitro benzene ring substituents is 1. The summed E-state index contributed by atoms with van der Waals surface area (Å²) in [5.41, 5.74) is 0.717. The van der Waals surface area contributed by atoms with E-state index >= 15 is 0 Å². The maximum atomic E-state index is 13.3. The molecular formula is C16H10FNO4S. The summed E-state index contributed by atoms with van der Waals surface area (Å²) >= 11 is 1.40. The van der Waals surface area contributed by atoms with Gasteiger partial charge in [0.05, 0.1) is 4.92 Å². The minimum Gasteiger partial charge on any atom is -0.502 e. The van der Waals surface area contributed by atoms with Gasteiger partial charge >= 0.3 is 5.69 Å². The highest BCUT2D eigenvalue weighted by atomic mass is 32.2. The highest BCUT2D eigenvalue weighted by molar-refractivity contribution is 7.99. The topological polar surface area (TPSA) is 80.4 Å². The number of aromatic hydroxyl groups is 1. The molecule has 1 N–H and O–H groups in total. The van der Waals surface area contributed by atoms with Gasteiger partial charge in [-0.3, -0.25) is 14.9 Å². The highest BCUT2D eigenvalue weighted by Gasteiger charge is 2.23. The molecule has 1 aliphatic heterocycles. The molecule has 0 unspecified atom stereocenters. The van der Waals surface area contributed by atoms with Crippen molar-refractivity contribution in [3.05, 3.63) is 69.0 Å². The summed E-state index contributed by atoms with van der Waals surface area (Å²) in [4.78, 5) is 23.3. The predicted molar refractivity (Wildman–Crippen MR) is 84.2 cm³/mol. The number of rotatable bonds is 2. The van der Waals surface area contributed by atoms with Crippen molar-refractivity contribution < 1.29 is 19.2 Å². The van der Waals surface area contributed by atoms with Crippen molar-refractivity contribution in [2.24, 2.45) is 0 Å². The Kier molecular flexibility index (Phi) is 3.87. The molecule has 0 saturated carbocycles. The second-order valence-corrected chi connectivity index (χ2v) is 5.95. The molecule has 0 spiro atoms. The minimum atomic E-state index is -0.695. The van der Waals surface area contributed by atoms with Crippen LogP contribution in [0.4, 0.5) is 10.1 Å². The molecule has 5 nitrogen and oxygen atoms in total. The average Bonchev–Trinajstić information content (AvgIpc) is 2.52. The summed E-state index contributed by atoms with van der Waals surface area (Å²) < 4.78 is 13.3. The molecule has 0 bridgehead atoms. The average molecular weight is 331 g/mol. The molecular weight excluding hydrogens is 321 g/mol. The number of ketones is 1. The normalized spacial score (nSPS) is 15.5. The number of phenols is 1. The standard InChI is InChI=1S/C16H10FNO4S/c17-11-2-4-15-12(7-11)16(20)10(8-23-15)5-9-1-3-14(19)13(6-9)18(21)22/h1-7,19H,8H2/b10-5-. The lowest BCUT2D eigenvalue weighted by Gasteiger charge is -2.16. The summed E-state index contributed by atoms with van der Waals surface area (Å²) in [6.07, 6.45) is 1.52. The molecule has 7 heteroatoms. The molecule has 0 atom stereocenters. The van der Waals surface area contributed by atoms with E-state index in [1.54, 1.807) is 6.07 Å². The van der Waals surface area contributed by atoms with E-state index in [-0.39, 0.29) is 5.78 Å². The zero-order chi connectivity index (χ0) is 16.6. The van der Waals surface area contributed by atoms with Crippen LogP contribution in [-0.4, -0.2) is 21.6 Å². The van der Waals surface area contributed by atoms with Crippen molar-refractivity contribution in [1.29, 1.82) is 0 Å². The van der Waals surface area contributed by atoms with Gasteiger partial charge in [0, 0.05) is 27.9 Å². The van der Waals surface area contributed by atoms with Gasteiger partial charge in [0.1, 0.15) is 5.82 Å². The van der Waals surface area contributed by atoms with Crippen LogP contribution in [0.3, 0.4) is 0 Å². The number of Topliss-reactive ketones (excluding diaryl/α,β-unsaturated/α-hetero) is 1. The summed E-state index contributed by atoms with van der Waals surface area (Å²) in [6.45, 7) is 0. The first-order chi connectivity index (χ1) is 11.0. The first-order valence-electron chi connectivity index (χ1n) is 6.61. The van der Waals surface area contributed by atoms with Crippen LogP contribution in [0, 0.1) is 15.9 Å². The van der Waals surface area contributed by atoms with E-state index in [1.807, 2.05) is 0 Å². The number of hydrogen-bond donors (Lipinski definition) is 1. The van der Waals surface area contributed by atoms with E-state index in [9.17, 15) is 24.4 Å². The molecule has 0 amide bonds. The zero-order valence-electron chi connectivity index (χ0n) is 11.7. The maximum Gasteiger partial charge on any atom is 0.311 e. The van der Waals surface area contributed by atoms with E-state index < -0.39 is 22.2 Å². The van der Waals surface area contributed by atoms with Crippen molar-refractivity contribution in [2.45, 2.75) is 4.90 Å². The maximum absolute atomic E-state index is 13.3. The Balaban J connectivity index is 2.00. The van der Waals surface area contributed by atoms with Crippen molar-refractivity contribution in [1.82, 2.24) is 0 Å². The van der Waals surface area contributed by atoms with E-state index in [4.69, 9.17) is 0 Å². The molecule has 2 aromatic rings. The Morgan fingerprint density at radius 2 is 2.04 bits per heavy atom. The summed E-state index contributed by atoms with van der Waals surface area (Å²) in [5.74, 6) is -0.825. The van der Waals surface area contributed by atoms with E-state index in [0.717, 1.165) is 0 Å². The molecule has 3 rings (SSSR count). The first-order valence-corrected chi connectivity index (χ1v) is 7.59. The number of nitro groups is 1. The van der Waals surface area contributed by atoms with Crippen LogP contribution in [0.15, 0.2) is 46.9 Å². The van der Waals surface area contributed by atoms with Gasteiger partial charge in [-0.05, 0) is 35.9 Å². The Morgan fingerprint density at radius 1 is 1.26 bits per heavy atom. The van der Waals surface area contributed by atoms with Gasteiger partial charge in [-0.1, -0.05) is 6.07 Å². The number of nitrogens with zero attached hydrogens (tertiary/aromatic N) is 1. The van der Waals surface area contributed by atoms with E-state index in [0.29, 0.717) is 27.3 Å². The summed E-state index contributed by atoms with van der Waals surface area (Å²) in [7, 11) is 0. The second kappa shape index (κ2) is 5.85. The van der Waals surface area contributed by atoms with Gasteiger partial charge in [0.25, 0.3) is 0 Å². The minimum absolute atomic E-state index is 0.292. The van der Waals surface area contributed by atoms with Gasteiger partial charge in [0.2, 0.25) is 0 Å². The number of carbonyl (C=O) groups excluding carboxylic acids is 1. The Labute approximate surface area is 134 Å². The molecule has 0 aliphatic carbocycles. The van der Waals surface area contributed by atoms with Gasteiger partial charge in [-0.2, -0.15) is 0 Å². The van der Waals surface area contributed by atoms with E-state index in [1.165, 1.54) is 48.2 Å². The lowest BCUT2D eigenvalue weighted by molar-refractivity contribution is -0.385. The first kappa shape index (κ1) is 15.2. The van der Waals surface area contributed by atoms with Crippen LogP contribution in [0.25, 0.3) is 6.08 Å². The fourth-order valence-corrected chi connectivity index (χ4v) is 3.28. The van der Waals surface area contributed by atoms with Crippen LogP contribution in [0.5, 0.6) is 5.75 Å². The number of fused-ring (bicyclic) bond motifs is 1. The van der Waals surface area contributed by atoms with Crippen molar-refractivity contribution >= 4 is 29.3 Å². The SMILES string of the molecule is O=C1/C(=C\c2ccc(O)c([N+](=O)[O-])c2)CSc2ccc(F)cc21. The Bertz CT molecular complexity index is 863. The molecule has 116 valence electrons. The number of thioether (sulfide) groups is 1. The Morgan fingerprint density at radius 3 is 2.78 bits per heavy atom. The molecule has 1 aliphatic rings. The van der Waals surface area contributed by atoms with Crippen LogP contribution >= 0.6 is 11.8 Å². The largest absolute Gasteiger partial charge is 0.502 e. The van der Waals surface area contributed by atoms with Crippen LogP contribution in [0.1, 0.15) is 15.9 Å². The van der Waals surface area contributed by atoms with Crippen LogP contribution in [0.2, 0.25) is 0 Å². The second-order valence-electron chi connectivity index (χ2n) is 4.93. The number of benzene rings is 2. The fraction of sp³-hybridized carbons (Fsp3) is 0.0625. The van der Waals surface area contributed by atoms with Gasteiger partial charge in [0.15, 0.2) is 11.5 Å². The third kappa shape index (κ3) is 2.95. The Hall–Kier alpha value is -2.67. The molecule has 23 heavy (non-hydrogen) atoms. The van der Waals surface area contributed by atoms with Gasteiger partial charge in [-0.25, -0.2) is 4.39 Å². The molecule has 0 radical (unpaired) electrons. The predicted octanol–water partition coefficient (Wildman–Crippen LogP) is 3.81. The molecule has 2 aromatic carbocycles. The van der Waals surface area contributed by atoms with E-state index in [2.05, 4.69) is 0 Å². The molecule has 0 saturated heterocycles. The monoisotopic (exact) mass is 331 g/mol. The quantitative estimate of drug-likeness (QED) is 0.514. The lowest BCUT2D eigenvalue weighted by Crippen LogP contribution is -2.12. The van der Waals surface area contributed by atoms with Crippen LogP contribution in [-0.2, 0) is 0 Å². The van der Waals surface area contributed by atoms with Gasteiger partial charge < -0.3 is 5.11 Å². The molecule has 0 aromatic heterocycles. The van der Waals surface area contributed by atoms with Crippen molar-refractivity contribution in [3.8, 4) is 5.75 Å². The van der Waals surface area contributed by atoms with Gasteiger partial charge in [-0.15, -0.1) is 11.8 Å². The number of hydrogen-bond acceptors (Lipinski definition) is 5. The summed E-state index contributed by atoms with van der Waals surface area (Å²) in [6, 6.07) is 7.94. The summed E-state index contributed by atoms with van der Waals surface area (Å²) in [5, 5.41) is 20.3. The third-order valence-corrected chi connectivity index (χ3v) is 4.52.